The molecule has 6 rings (SSSR count). The molecule has 5 nitrogen and oxygen atoms in total. The van der Waals surface area contributed by atoms with Crippen molar-refractivity contribution >= 4 is 17.5 Å². The first-order valence-electron chi connectivity index (χ1n) is 12.5. The Morgan fingerprint density at radius 2 is 1.50 bits per heavy atom. The second-order valence-electron chi connectivity index (χ2n) is 9.49. The molecule has 0 N–H and O–H groups in total. The molecule has 0 bridgehead atoms. The minimum Gasteiger partial charge on any atom is -0.457 e. The minimum absolute atomic E-state index is 0.295. The number of Topliss-reactive ketones (excluding diaryl/α,β-unsaturated/α-hetero) is 1. The van der Waals surface area contributed by atoms with Crippen molar-refractivity contribution in [2.75, 3.05) is 4.90 Å². The maximum absolute atomic E-state index is 14.4. The van der Waals surface area contributed by atoms with Crippen LogP contribution in [0.5, 0.6) is 11.5 Å². The maximum atomic E-state index is 14.4. The zero-order chi connectivity index (χ0) is 26.1. The zero-order valence-electron chi connectivity index (χ0n) is 20.4. The van der Waals surface area contributed by atoms with Crippen LogP contribution in [0.25, 0.3) is 6.08 Å². The fourth-order valence-electron chi connectivity index (χ4n) is 5.86. The molecule has 2 aliphatic heterocycles. The summed E-state index contributed by atoms with van der Waals surface area (Å²) in [7, 11) is 0. The second-order valence-corrected chi connectivity index (χ2v) is 9.49. The molecule has 1 fully saturated rings. The van der Waals surface area contributed by atoms with Crippen molar-refractivity contribution in [1.29, 1.82) is 10.5 Å². The standard InChI is InChI=1S/C33H23N3O2/c34-21-29-31(25-13-9-16-27(20-25)38-26-14-5-2-6-15-26)33(22-35,32(37)24-11-3-1-4-12-24)30-19-18-23-10-7-8-17-28(23)36(29)30/h1-20,29-31H/t29-,30+,31+,33+/m1/s1. The molecular weight excluding hydrogens is 470 g/mol. The Morgan fingerprint density at radius 1 is 0.816 bits per heavy atom. The molecule has 4 aromatic carbocycles. The SMILES string of the molecule is N#C[C@@H]1[C@H](c2cccc(Oc3ccccc3)c2)[C@@](C#N)(C(=O)c2ccccc2)[C@@H]2C=Cc3ccccc3N12. The molecule has 2 aliphatic rings. The van der Waals surface area contributed by atoms with Gasteiger partial charge in [-0.05, 0) is 41.5 Å². The Morgan fingerprint density at radius 3 is 2.24 bits per heavy atom. The van der Waals surface area contributed by atoms with E-state index in [1.54, 1.807) is 24.3 Å². The molecule has 5 heteroatoms. The van der Waals surface area contributed by atoms with Crippen molar-refractivity contribution in [2.45, 2.75) is 18.0 Å². The molecule has 0 spiro atoms. The number of carbonyl (C=O) groups excluding carboxylic acids is 1. The van der Waals surface area contributed by atoms with E-state index < -0.39 is 23.4 Å². The lowest BCUT2D eigenvalue weighted by molar-refractivity contribution is 0.0841. The van der Waals surface area contributed by atoms with Crippen LogP contribution >= 0.6 is 0 Å². The predicted molar refractivity (Wildman–Crippen MR) is 146 cm³/mol. The summed E-state index contributed by atoms with van der Waals surface area (Å²) >= 11 is 0. The van der Waals surface area contributed by atoms with E-state index in [-0.39, 0.29) is 5.78 Å². The average molecular weight is 494 g/mol. The van der Waals surface area contributed by atoms with E-state index >= 15 is 0 Å². The largest absolute Gasteiger partial charge is 0.457 e. The van der Waals surface area contributed by atoms with E-state index in [9.17, 15) is 15.3 Å². The van der Waals surface area contributed by atoms with E-state index in [2.05, 4.69) is 12.1 Å². The highest BCUT2D eigenvalue weighted by molar-refractivity contribution is 6.05. The fraction of sp³-hybridized carbons (Fsp3) is 0.121. The van der Waals surface area contributed by atoms with Crippen LogP contribution < -0.4 is 9.64 Å². The molecule has 0 radical (unpaired) electrons. The zero-order valence-corrected chi connectivity index (χ0v) is 20.4. The highest BCUT2D eigenvalue weighted by atomic mass is 16.5. The molecule has 182 valence electrons. The Bertz CT molecular complexity index is 1620. The molecule has 4 aromatic rings. The fourth-order valence-corrected chi connectivity index (χ4v) is 5.86. The van der Waals surface area contributed by atoms with Gasteiger partial charge in [-0.3, -0.25) is 4.79 Å². The van der Waals surface area contributed by atoms with Gasteiger partial charge in [-0.2, -0.15) is 10.5 Å². The van der Waals surface area contributed by atoms with Crippen LogP contribution in [0.1, 0.15) is 27.4 Å². The third-order valence-electron chi connectivity index (χ3n) is 7.47. The number of rotatable bonds is 5. The molecular formula is C33H23N3O2. The van der Waals surface area contributed by atoms with Crippen LogP contribution in [-0.4, -0.2) is 17.9 Å². The number of anilines is 1. The van der Waals surface area contributed by atoms with Gasteiger partial charge >= 0.3 is 0 Å². The van der Waals surface area contributed by atoms with Crippen LogP contribution in [0.3, 0.4) is 0 Å². The third-order valence-corrected chi connectivity index (χ3v) is 7.47. The number of ketones is 1. The third kappa shape index (κ3) is 3.57. The number of hydrogen-bond donors (Lipinski definition) is 0. The highest BCUT2D eigenvalue weighted by Crippen LogP contribution is 2.56. The van der Waals surface area contributed by atoms with E-state index in [4.69, 9.17) is 4.74 Å². The van der Waals surface area contributed by atoms with E-state index in [1.807, 2.05) is 102 Å². The lowest BCUT2D eigenvalue weighted by Gasteiger charge is -2.35. The van der Waals surface area contributed by atoms with Crippen molar-refractivity contribution in [3.8, 4) is 23.6 Å². The average Bonchev–Trinajstić information content (AvgIpc) is 3.29. The number of nitrogens with zero attached hydrogens (tertiary/aromatic N) is 3. The molecule has 1 saturated heterocycles. The van der Waals surface area contributed by atoms with Crippen molar-refractivity contribution < 1.29 is 9.53 Å². The molecule has 0 aliphatic carbocycles. The topological polar surface area (TPSA) is 77.1 Å². The number of nitriles is 2. The van der Waals surface area contributed by atoms with Crippen LogP contribution in [0.4, 0.5) is 5.69 Å². The van der Waals surface area contributed by atoms with Gasteiger partial charge in [-0.15, -0.1) is 0 Å². The first-order valence-corrected chi connectivity index (χ1v) is 12.5. The number of para-hydroxylation sites is 2. The summed E-state index contributed by atoms with van der Waals surface area (Å²) in [6.45, 7) is 0. The van der Waals surface area contributed by atoms with Gasteiger partial charge in [0, 0.05) is 17.2 Å². The lowest BCUT2D eigenvalue weighted by Crippen LogP contribution is -2.45. The second kappa shape index (κ2) is 9.39. The van der Waals surface area contributed by atoms with Crippen LogP contribution in [0, 0.1) is 28.1 Å². The number of fused-ring (bicyclic) bond motifs is 3. The first kappa shape index (κ1) is 23.3. The number of carbonyl (C=O) groups is 1. The Kier molecular flexibility index (Phi) is 5.75. The van der Waals surface area contributed by atoms with Gasteiger partial charge in [0.05, 0.1) is 18.2 Å². The van der Waals surface area contributed by atoms with Crippen molar-refractivity contribution in [2.24, 2.45) is 5.41 Å². The van der Waals surface area contributed by atoms with Gasteiger partial charge in [0.25, 0.3) is 0 Å². The maximum Gasteiger partial charge on any atom is 0.186 e. The summed E-state index contributed by atoms with van der Waals surface area (Å²) in [5, 5.41) is 21.5. The van der Waals surface area contributed by atoms with Gasteiger partial charge in [0.1, 0.15) is 17.5 Å². The predicted octanol–water partition coefficient (Wildman–Crippen LogP) is 6.76. The normalized spacial score (nSPS) is 23.0. The molecule has 0 saturated carbocycles. The molecule has 0 amide bonds. The number of hydrogen-bond acceptors (Lipinski definition) is 5. The molecule has 2 heterocycles. The molecule has 0 unspecified atom stereocenters. The quantitative estimate of drug-likeness (QED) is 0.287. The van der Waals surface area contributed by atoms with Crippen LogP contribution in [0.2, 0.25) is 0 Å². The van der Waals surface area contributed by atoms with Crippen LogP contribution in [-0.2, 0) is 0 Å². The summed E-state index contributed by atoms with van der Waals surface area (Å²) in [4.78, 5) is 16.3. The summed E-state index contributed by atoms with van der Waals surface area (Å²) in [6.07, 6.45) is 3.85. The minimum atomic E-state index is -1.54. The van der Waals surface area contributed by atoms with Gasteiger partial charge in [-0.25, -0.2) is 0 Å². The molecule has 4 atom stereocenters. The Hall–Kier alpha value is -5.13. The summed E-state index contributed by atoms with van der Waals surface area (Å²) in [5.74, 6) is 0.224. The summed E-state index contributed by atoms with van der Waals surface area (Å²) in [5.41, 5.74) is 1.39. The lowest BCUT2D eigenvalue weighted by atomic mass is 9.65. The molecule has 38 heavy (non-hydrogen) atoms. The number of benzene rings is 4. The van der Waals surface area contributed by atoms with Gasteiger partial charge in [0.15, 0.2) is 11.2 Å². The van der Waals surface area contributed by atoms with Crippen molar-refractivity contribution in [1.82, 2.24) is 0 Å². The number of ether oxygens (including phenoxy) is 1. The van der Waals surface area contributed by atoms with Crippen molar-refractivity contribution in [3.05, 3.63) is 132 Å². The van der Waals surface area contributed by atoms with E-state index in [0.717, 1.165) is 11.3 Å². The van der Waals surface area contributed by atoms with E-state index in [0.29, 0.717) is 22.6 Å². The van der Waals surface area contributed by atoms with Gasteiger partial charge in [0.2, 0.25) is 0 Å². The smallest absolute Gasteiger partial charge is 0.186 e. The van der Waals surface area contributed by atoms with E-state index in [1.165, 1.54) is 0 Å². The van der Waals surface area contributed by atoms with Gasteiger partial charge in [-0.1, -0.05) is 91.0 Å². The first-order chi connectivity index (χ1) is 18.7. The highest BCUT2D eigenvalue weighted by Gasteiger charge is 2.64. The van der Waals surface area contributed by atoms with Crippen LogP contribution in [0.15, 0.2) is 115 Å². The van der Waals surface area contributed by atoms with Crippen molar-refractivity contribution in [3.63, 3.8) is 0 Å². The summed E-state index contributed by atoms with van der Waals surface area (Å²) in [6, 6.07) is 37.0. The Labute approximate surface area is 221 Å². The molecule has 0 aromatic heterocycles. The monoisotopic (exact) mass is 493 g/mol. The Balaban J connectivity index is 1.55. The summed E-state index contributed by atoms with van der Waals surface area (Å²) < 4.78 is 6.09. The van der Waals surface area contributed by atoms with Gasteiger partial charge < -0.3 is 9.64 Å².